The molecule has 0 saturated heterocycles. The summed E-state index contributed by atoms with van der Waals surface area (Å²) in [6.07, 6.45) is 7.56. The van der Waals surface area contributed by atoms with Crippen molar-refractivity contribution in [1.29, 1.82) is 0 Å². The smallest absolute Gasteiger partial charge is 0.226 e. The highest BCUT2D eigenvalue weighted by atomic mass is 32.2. The van der Waals surface area contributed by atoms with Crippen molar-refractivity contribution in [3.63, 3.8) is 0 Å². The highest BCUT2D eigenvalue weighted by Crippen LogP contribution is 2.35. The molecule has 0 radical (unpaired) electrons. The third-order valence-electron chi connectivity index (χ3n) is 7.07. The van der Waals surface area contributed by atoms with Gasteiger partial charge in [0, 0.05) is 63.7 Å². The van der Waals surface area contributed by atoms with Crippen molar-refractivity contribution in [1.82, 2.24) is 30.1 Å². The number of rotatable bonds is 7. The largest absolute Gasteiger partial charge is 0.353 e. The first-order valence-corrected chi connectivity index (χ1v) is 15.3. The lowest BCUT2D eigenvalue weighted by atomic mass is 10.0. The molecule has 5 heterocycles. The monoisotopic (exact) mass is 598 g/mol. The number of nitrogens with zero attached hydrogens (tertiary/aromatic N) is 4. The van der Waals surface area contributed by atoms with Crippen molar-refractivity contribution >= 4 is 43.4 Å². The third-order valence-corrected chi connectivity index (χ3v) is 8.27. The Hall–Kier alpha value is -5.01. The number of H-pyrrole nitrogens is 2. The number of carbonyl (C=O) groups is 1. The second-order valence-electron chi connectivity index (χ2n) is 10.6. The molecule has 5 aromatic heterocycles. The fraction of sp³-hybridized carbons (Fsp3) is 0.167. The molecule has 0 aliphatic carbocycles. The molecule has 13 heteroatoms. The number of sulfone groups is 1. The normalized spacial score (nSPS) is 12.7. The van der Waals surface area contributed by atoms with E-state index in [4.69, 9.17) is 5.73 Å². The van der Waals surface area contributed by atoms with Crippen molar-refractivity contribution in [2.24, 2.45) is 11.7 Å². The van der Waals surface area contributed by atoms with Crippen LogP contribution in [0.1, 0.15) is 24.8 Å². The molecule has 11 nitrogen and oxygen atoms in total. The maximum absolute atomic E-state index is 14.6. The van der Waals surface area contributed by atoms with Gasteiger partial charge in [-0.3, -0.25) is 19.9 Å². The van der Waals surface area contributed by atoms with Crippen molar-refractivity contribution in [3.8, 4) is 33.8 Å². The molecule has 1 atom stereocenters. The predicted molar refractivity (Wildman–Crippen MR) is 163 cm³/mol. The van der Waals surface area contributed by atoms with Gasteiger partial charge >= 0.3 is 0 Å². The van der Waals surface area contributed by atoms with Crippen LogP contribution in [0.5, 0.6) is 0 Å². The maximum Gasteiger partial charge on any atom is 0.226 e. The number of nitrogens with two attached hydrogens (primary N) is 1. The Morgan fingerprint density at radius 1 is 0.977 bits per heavy atom. The number of pyridine rings is 3. The van der Waals surface area contributed by atoms with Crippen LogP contribution in [0.3, 0.4) is 0 Å². The molecule has 218 valence electrons. The first-order valence-electron chi connectivity index (χ1n) is 13.3. The van der Waals surface area contributed by atoms with E-state index in [1.165, 1.54) is 12.1 Å². The number of hydrogen-bond donors (Lipinski definition) is 4. The molecule has 1 unspecified atom stereocenters. The number of carbonyl (C=O) groups excluding carboxylic acids is 1. The van der Waals surface area contributed by atoms with Gasteiger partial charge in [0.05, 0.1) is 29.0 Å². The molecule has 6 aromatic rings. The van der Waals surface area contributed by atoms with Crippen LogP contribution in [-0.2, 0) is 14.6 Å². The molecular weight excluding hydrogens is 571 g/mol. The summed E-state index contributed by atoms with van der Waals surface area (Å²) < 4.78 is 38.7. The molecule has 0 bridgehead atoms. The molecule has 1 amide bonds. The predicted octanol–water partition coefficient (Wildman–Crippen LogP) is 4.97. The van der Waals surface area contributed by atoms with E-state index in [1.54, 1.807) is 30.9 Å². The zero-order valence-electron chi connectivity index (χ0n) is 23.4. The van der Waals surface area contributed by atoms with Crippen LogP contribution < -0.4 is 11.1 Å². The van der Waals surface area contributed by atoms with Gasteiger partial charge in [0.15, 0.2) is 15.5 Å². The van der Waals surface area contributed by atoms with E-state index in [0.29, 0.717) is 39.4 Å². The molecule has 6 rings (SSSR count). The average molecular weight is 599 g/mol. The van der Waals surface area contributed by atoms with E-state index < -0.39 is 21.0 Å². The highest BCUT2D eigenvalue weighted by Gasteiger charge is 2.21. The molecule has 0 fully saturated rings. The molecule has 43 heavy (non-hydrogen) atoms. The zero-order chi connectivity index (χ0) is 30.5. The number of aromatic amines is 2. The van der Waals surface area contributed by atoms with Crippen LogP contribution in [0.15, 0.2) is 67.3 Å². The second kappa shape index (κ2) is 10.7. The van der Waals surface area contributed by atoms with E-state index in [0.717, 1.165) is 34.4 Å². The number of amides is 1. The van der Waals surface area contributed by atoms with Gasteiger partial charge in [-0.25, -0.2) is 17.8 Å². The zero-order valence-corrected chi connectivity index (χ0v) is 24.2. The summed E-state index contributed by atoms with van der Waals surface area (Å²) in [4.78, 5) is 28.8. The summed E-state index contributed by atoms with van der Waals surface area (Å²) in [5.41, 5.74) is 11.6. The first-order chi connectivity index (χ1) is 20.5. The Morgan fingerprint density at radius 2 is 1.77 bits per heavy atom. The third kappa shape index (κ3) is 5.47. The summed E-state index contributed by atoms with van der Waals surface area (Å²) in [6.45, 7) is 3.63. The molecule has 1 aromatic carbocycles. The SMILES string of the molecule is CC(C)C(=O)Nc1cncc(-c2cnc3n[nH]c(-c4cc5c(-c6cc(F)cc(C(N)S(C)(=O)=O)c6)nccc5[nH]4)c3c2)c1. The van der Waals surface area contributed by atoms with Gasteiger partial charge < -0.3 is 16.0 Å². The van der Waals surface area contributed by atoms with Gasteiger partial charge in [-0.05, 0) is 48.0 Å². The van der Waals surface area contributed by atoms with Crippen molar-refractivity contribution < 1.29 is 17.6 Å². The second-order valence-corrected chi connectivity index (χ2v) is 12.8. The molecule has 5 N–H and O–H groups in total. The molecule has 0 saturated carbocycles. The number of aromatic nitrogens is 6. The number of hydrogen-bond acceptors (Lipinski definition) is 8. The van der Waals surface area contributed by atoms with E-state index in [9.17, 15) is 17.6 Å². The average Bonchev–Trinajstić information content (AvgIpc) is 3.59. The summed E-state index contributed by atoms with van der Waals surface area (Å²) in [6, 6.07) is 11.4. The number of fused-ring (bicyclic) bond motifs is 2. The van der Waals surface area contributed by atoms with Gasteiger partial charge in [-0.1, -0.05) is 13.8 Å². The first kappa shape index (κ1) is 28.1. The minimum absolute atomic E-state index is 0.106. The van der Waals surface area contributed by atoms with Crippen molar-refractivity contribution in [2.45, 2.75) is 19.2 Å². The van der Waals surface area contributed by atoms with Crippen LogP contribution in [0.4, 0.5) is 10.1 Å². The van der Waals surface area contributed by atoms with E-state index in [1.807, 2.05) is 32.0 Å². The standard InChI is InChI=1S/C30H27FN8O3S/c1-15(2)30(40)36-21-9-18(12-33-14-21)19-10-23-27(38-39-29(23)35-13-19)25-11-22-24(37-25)4-5-34-26(22)16-6-17(8-20(31)7-16)28(32)43(3,41)42/h4-15,28,37H,32H2,1-3H3,(H,36,40)(H,35,38,39). The Morgan fingerprint density at radius 3 is 2.53 bits per heavy atom. The Labute approximate surface area is 245 Å². The van der Waals surface area contributed by atoms with E-state index in [-0.39, 0.29) is 17.4 Å². The lowest BCUT2D eigenvalue weighted by molar-refractivity contribution is -0.118. The summed E-state index contributed by atoms with van der Waals surface area (Å²) in [7, 11) is -3.65. The van der Waals surface area contributed by atoms with Gasteiger partial charge in [0.2, 0.25) is 5.91 Å². The minimum atomic E-state index is -3.65. The van der Waals surface area contributed by atoms with Crippen LogP contribution >= 0.6 is 0 Å². The molecule has 0 aliphatic rings. The van der Waals surface area contributed by atoms with Gasteiger partial charge in [0.1, 0.15) is 11.2 Å². The summed E-state index contributed by atoms with van der Waals surface area (Å²) in [5.74, 6) is -0.901. The molecule has 0 spiro atoms. The van der Waals surface area contributed by atoms with Crippen molar-refractivity contribution in [2.75, 3.05) is 11.6 Å². The fourth-order valence-corrected chi connectivity index (χ4v) is 5.43. The van der Waals surface area contributed by atoms with Crippen molar-refractivity contribution in [3.05, 3.63) is 78.6 Å². The lowest BCUT2D eigenvalue weighted by Gasteiger charge is -2.12. The fourth-order valence-electron chi connectivity index (χ4n) is 4.79. The molecule has 0 aliphatic heterocycles. The number of nitrogens with one attached hydrogen (secondary N) is 3. The molecular formula is C30H27FN8O3S. The topological polar surface area (TPSA) is 172 Å². The summed E-state index contributed by atoms with van der Waals surface area (Å²) in [5, 5.41) is 10.3. The Kier molecular flexibility index (Phi) is 6.98. The van der Waals surface area contributed by atoms with Crippen LogP contribution in [-0.4, -0.2) is 50.7 Å². The van der Waals surface area contributed by atoms with Gasteiger partial charge in [-0.15, -0.1) is 0 Å². The Bertz CT molecular complexity index is 2140. The van der Waals surface area contributed by atoms with Crippen LogP contribution in [0.2, 0.25) is 0 Å². The van der Waals surface area contributed by atoms with Gasteiger partial charge in [-0.2, -0.15) is 5.10 Å². The van der Waals surface area contributed by atoms with Crippen LogP contribution in [0.25, 0.3) is 55.7 Å². The number of anilines is 1. The maximum atomic E-state index is 14.6. The quantitative estimate of drug-likeness (QED) is 0.199. The highest BCUT2D eigenvalue weighted by molar-refractivity contribution is 7.90. The number of benzene rings is 1. The van der Waals surface area contributed by atoms with Crippen LogP contribution in [0, 0.1) is 11.7 Å². The Balaban J connectivity index is 1.41. The lowest BCUT2D eigenvalue weighted by Crippen LogP contribution is -2.20. The van der Waals surface area contributed by atoms with Gasteiger partial charge in [0.25, 0.3) is 0 Å². The minimum Gasteiger partial charge on any atom is -0.353 e. The summed E-state index contributed by atoms with van der Waals surface area (Å²) >= 11 is 0. The van der Waals surface area contributed by atoms with E-state index >= 15 is 0 Å². The number of halogens is 1. The van der Waals surface area contributed by atoms with E-state index in [2.05, 4.69) is 35.5 Å².